The average Bonchev–Trinajstić information content (AvgIpc) is 2.36. The van der Waals surface area contributed by atoms with Crippen LogP contribution in [0.25, 0.3) is 0 Å². The first kappa shape index (κ1) is 13.4. The first-order valence-electron chi connectivity index (χ1n) is 5.64. The van der Waals surface area contributed by atoms with Crippen molar-refractivity contribution < 1.29 is 9.90 Å². The zero-order valence-electron chi connectivity index (χ0n) is 10.2. The largest absolute Gasteiger partial charge is 0.392 e. The van der Waals surface area contributed by atoms with Gasteiger partial charge in [0.15, 0.2) is 0 Å². The molecule has 0 saturated carbocycles. The number of nitrogens with one attached hydrogen (secondary N) is 1. The van der Waals surface area contributed by atoms with Crippen LogP contribution in [0.5, 0.6) is 0 Å². The lowest BCUT2D eigenvalue weighted by atomic mass is 10.4. The predicted molar refractivity (Wildman–Crippen MR) is 64.5 cm³/mol. The summed E-state index contributed by atoms with van der Waals surface area (Å²) in [4.78, 5) is 21.4. The van der Waals surface area contributed by atoms with Gasteiger partial charge in [-0.05, 0) is 13.8 Å². The minimum atomic E-state index is -0.0806. The van der Waals surface area contributed by atoms with E-state index in [4.69, 9.17) is 5.11 Å². The number of anilines is 1. The van der Waals surface area contributed by atoms with Gasteiger partial charge in [-0.2, -0.15) is 0 Å². The van der Waals surface area contributed by atoms with Crippen LogP contribution in [0.2, 0.25) is 0 Å². The highest BCUT2D eigenvalue weighted by atomic mass is 16.3. The second-order valence-corrected chi connectivity index (χ2v) is 3.52. The quantitative estimate of drug-likeness (QED) is 0.725. The Hall–Kier alpha value is -1.69. The maximum atomic E-state index is 11.5. The number of aliphatic hydroxyl groups excluding tert-OH is 1. The van der Waals surface area contributed by atoms with Crippen LogP contribution in [0.3, 0.4) is 0 Å². The summed E-state index contributed by atoms with van der Waals surface area (Å²) in [6.45, 7) is 5.23. The van der Waals surface area contributed by atoms with Crippen molar-refractivity contribution in [1.29, 1.82) is 0 Å². The van der Waals surface area contributed by atoms with Gasteiger partial charge in [-0.25, -0.2) is 9.97 Å². The van der Waals surface area contributed by atoms with Gasteiger partial charge in [0.1, 0.15) is 0 Å². The van der Waals surface area contributed by atoms with Crippen LogP contribution in [0.4, 0.5) is 5.95 Å². The summed E-state index contributed by atoms with van der Waals surface area (Å²) in [6, 6.07) is 0. The molecule has 1 aromatic rings. The van der Waals surface area contributed by atoms with Crippen LogP contribution in [-0.4, -0.2) is 40.6 Å². The number of hydrogen-bond acceptors (Lipinski definition) is 5. The van der Waals surface area contributed by atoms with Crippen molar-refractivity contribution in [2.45, 2.75) is 20.5 Å². The van der Waals surface area contributed by atoms with Crippen LogP contribution in [0, 0.1) is 0 Å². The smallest absolute Gasteiger partial charge is 0.239 e. The van der Waals surface area contributed by atoms with Crippen molar-refractivity contribution in [1.82, 2.24) is 15.3 Å². The number of aromatic nitrogens is 2. The van der Waals surface area contributed by atoms with Crippen LogP contribution in [0.15, 0.2) is 12.4 Å². The molecule has 0 aliphatic carbocycles. The zero-order chi connectivity index (χ0) is 12.7. The van der Waals surface area contributed by atoms with E-state index in [1.54, 1.807) is 17.3 Å². The number of nitrogens with zero attached hydrogens (tertiary/aromatic N) is 3. The number of hydrogen-bond donors (Lipinski definition) is 2. The topological polar surface area (TPSA) is 78.4 Å². The van der Waals surface area contributed by atoms with Crippen molar-refractivity contribution in [2.75, 3.05) is 24.5 Å². The van der Waals surface area contributed by atoms with Crippen LogP contribution >= 0.6 is 0 Å². The van der Waals surface area contributed by atoms with Crippen LogP contribution < -0.4 is 10.2 Å². The molecule has 0 aliphatic rings. The number of carbonyl (C=O) groups excluding carboxylic acids is 1. The number of carbonyl (C=O) groups is 1. The molecule has 0 fully saturated rings. The second-order valence-electron chi connectivity index (χ2n) is 3.52. The molecule has 0 unspecified atom stereocenters. The molecule has 94 valence electrons. The molecular formula is C11H18N4O2. The number of likely N-dealkylation sites (N-methyl/N-ethyl adjacent to an activating group) is 2. The van der Waals surface area contributed by atoms with Gasteiger partial charge in [-0.3, -0.25) is 4.79 Å². The molecule has 1 heterocycles. The minimum Gasteiger partial charge on any atom is -0.392 e. The van der Waals surface area contributed by atoms with Gasteiger partial charge >= 0.3 is 0 Å². The van der Waals surface area contributed by atoms with E-state index in [0.717, 1.165) is 0 Å². The standard InChI is InChI=1S/C11H18N4O2/c1-3-12-10(17)7-15(4-2)11-13-5-9(8-16)6-14-11/h5-6,16H,3-4,7-8H2,1-2H3,(H,12,17). The summed E-state index contributed by atoms with van der Waals surface area (Å²) in [5.74, 6) is 0.445. The summed E-state index contributed by atoms with van der Waals surface area (Å²) in [7, 11) is 0. The fourth-order valence-electron chi connectivity index (χ4n) is 1.34. The first-order valence-corrected chi connectivity index (χ1v) is 5.64. The summed E-state index contributed by atoms with van der Waals surface area (Å²) in [5.41, 5.74) is 0.655. The Morgan fingerprint density at radius 2 is 2.06 bits per heavy atom. The Morgan fingerprint density at radius 1 is 1.41 bits per heavy atom. The van der Waals surface area contributed by atoms with Crippen LogP contribution in [-0.2, 0) is 11.4 Å². The molecular weight excluding hydrogens is 220 g/mol. The first-order chi connectivity index (χ1) is 8.21. The van der Waals surface area contributed by atoms with Gasteiger partial charge in [0, 0.05) is 31.0 Å². The van der Waals surface area contributed by atoms with E-state index < -0.39 is 0 Å². The molecule has 6 nitrogen and oxygen atoms in total. The Bertz CT molecular complexity index is 353. The molecule has 0 spiro atoms. The van der Waals surface area contributed by atoms with Gasteiger partial charge in [0.2, 0.25) is 11.9 Å². The summed E-state index contributed by atoms with van der Waals surface area (Å²) < 4.78 is 0. The Balaban J connectivity index is 2.68. The Kier molecular flexibility index (Phi) is 5.35. The molecule has 1 amide bonds. The number of rotatable bonds is 6. The molecule has 1 rings (SSSR count). The fraction of sp³-hybridized carbons (Fsp3) is 0.545. The highest BCUT2D eigenvalue weighted by Crippen LogP contribution is 2.06. The van der Waals surface area contributed by atoms with E-state index in [-0.39, 0.29) is 19.1 Å². The maximum Gasteiger partial charge on any atom is 0.239 e. The van der Waals surface area contributed by atoms with E-state index in [9.17, 15) is 4.79 Å². The van der Waals surface area contributed by atoms with Crippen molar-refractivity contribution in [3.05, 3.63) is 18.0 Å². The highest BCUT2D eigenvalue weighted by Gasteiger charge is 2.11. The lowest BCUT2D eigenvalue weighted by Crippen LogP contribution is -2.37. The monoisotopic (exact) mass is 238 g/mol. The predicted octanol–water partition coefficient (Wildman–Crippen LogP) is -0.0687. The van der Waals surface area contributed by atoms with Gasteiger partial charge in [-0.1, -0.05) is 0 Å². The van der Waals surface area contributed by atoms with Gasteiger partial charge in [0.25, 0.3) is 0 Å². The molecule has 1 aromatic heterocycles. The molecule has 0 aromatic carbocycles. The summed E-state index contributed by atoms with van der Waals surface area (Å²) in [5, 5.41) is 11.6. The molecule has 0 radical (unpaired) electrons. The molecule has 0 aliphatic heterocycles. The Labute approximate surface area is 101 Å². The van der Waals surface area contributed by atoms with Crippen molar-refractivity contribution in [2.24, 2.45) is 0 Å². The minimum absolute atomic E-state index is 0.0517. The SMILES string of the molecule is CCNC(=O)CN(CC)c1ncc(CO)cn1. The lowest BCUT2D eigenvalue weighted by Gasteiger charge is -2.19. The number of amides is 1. The maximum absolute atomic E-state index is 11.5. The molecule has 17 heavy (non-hydrogen) atoms. The van der Waals surface area contributed by atoms with Gasteiger partial charge in [-0.15, -0.1) is 0 Å². The van der Waals surface area contributed by atoms with Crippen molar-refractivity contribution in [3.8, 4) is 0 Å². The fourth-order valence-corrected chi connectivity index (χ4v) is 1.34. The van der Waals surface area contributed by atoms with E-state index >= 15 is 0 Å². The van der Waals surface area contributed by atoms with Crippen molar-refractivity contribution >= 4 is 11.9 Å². The molecule has 0 atom stereocenters. The third-order valence-corrected chi connectivity index (χ3v) is 2.25. The van der Waals surface area contributed by atoms with Crippen molar-refractivity contribution in [3.63, 3.8) is 0 Å². The summed E-state index contributed by atoms with van der Waals surface area (Å²) in [6.07, 6.45) is 3.12. The van der Waals surface area contributed by atoms with Gasteiger partial charge < -0.3 is 15.3 Å². The zero-order valence-corrected chi connectivity index (χ0v) is 10.2. The third kappa shape index (κ3) is 3.99. The molecule has 2 N–H and O–H groups in total. The van der Waals surface area contributed by atoms with Gasteiger partial charge in [0.05, 0.1) is 13.2 Å². The van der Waals surface area contributed by atoms with E-state index in [1.165, 1.54) is 0 Å². The lowest BCUT2D eigenvalue weighted by molar-refractivity contribution is -0.119. The Morgan fingerprint density at radius 3 is 2.53 bits per heavy atom. The summed E-state index contributed by atoms with van der Waals surface area (Å²) >= 11 is 0. The molecule has 6 heteroatoms. The second kappa shape index (κ2) is 6.80. The van der Waals surface area contributed by atoms with E-state index in [1.807, 2.05) is 13.8 Å². The average molecular weight is 238 g/mol. The molecule has 0 saturated heterocycles. The third-order valence-electron chi connectivity index (χ3n) is 2.25. The van der Waals surface area contributed by atoms with E-state index in [2.05, 4.69) is 15.3 Å². The highest BCUT2D eigenvalue weighted by molar-refractivity contribution is 5.80. The normalized spacial score (nSPS) is 10.1. The van der Waals surface area contributed by atoms with E-state index in [0.29, 0.717) is 24.6 Å². The molecule has 0 bridgehead atoms. The van der Waals surface area contributed by atoms with Crippen LogP contribution in [0.1, 0.15) is 19.4 Å². The number of aliphatic hydroxyl groups is 1.